The molecule has 126 valence electrons. The highest BCUT2D eigenvalue weighted by Crippen LogP contribution is 2.65. The lowest BCUT2D eigenvalue weighted by atomic mass is 9.53. The fraction of sp³-hybridized carbons (Fsp3) is 0.700. The van der Waals surface area contributed by atoms with Crippen LogP contribution < -0.4 is 0 Å². The van der Waals surface area contributed by atoms with Crippen molar-refractivity contribution in [3.05, 3.63) is 29.3 Å². The van der Waals surface area contributed by atoms with E-state index in [1.165, 1.54) is 11.1 Å². The van der Waals surface area contributed by atoms with Crippen LogP contribution in [0.5, 0.6) is 5.75 Å². The first-order chi connectivity index (χ1) is 10.8. The molecule has 0 amide bonds. The van der Waals surface area contributed by atoms with Crippen molar-refractivity contribution in [2.75, 3.05) is 0 Å². The van der Waals surface area contributed by atoms with Gasteiger partial charge in [0.2, 0.25) is 5.92 Å². The summed E-state index contributed by atoms with van der Waals surface area (Å²) in [5.74, 6) is -1.20. The van der Waals surface area contributed by atoms with E-state index in [0.717, 1.165) is 39.0 Å². The summed E-state index contributed by atoms with van der Waals surface area (Å²) < 4.78 is 28.2. The van der Waals surface area contributed by atoms with Crippen LogP contribution in [0.3, 0.4) is 0 Å². The summed E-state index contributed by atoms with van der Waals surface area (Å²) in [6.07, 6.45) is 5.62. The second kappa shape index (κ2) is 4.94. The molecule has 3 aliphatic carbocycles. The van der Waals surface area contributed by atoms with Gasteiger partial charge in [-0.1, -0.05) is 13.0 Å². The molecular weight excluding hydrogens is 294 g/mol. The molecule has 0 radical (unpaired) electrons. The Balaban J connectivity index is 1.67. The monoisotopic (exact) mass is 320 g/mol. The Hall–Kier alpha value is -1.12. The van der Waals surface area contributed by atoms with Crippen LogP contribution in [0.25, 0.3) is 0 Å². The Kier molecular flexibility index (Phi) is 3.31. The average molecular weight is 320 g/mol. The van der Waals surface area contributed by atoms with Gasteiger partial charge in [-0.05, 0) is 91.9 Å². The minimum atomic E-state index is -2.56. The van der Waals surface area contributed by atoms with Crippen molar-refractivity contribution in [1.29, 1.82) is 0 Å². The molecule has 0 saturated heterocycles. The number of phenols is 1. The van der Waals surface area contributed by atoms with Gasteiger partial charge in [-0.3, -0.25) is 0 Å². The maximum Gasteiger partial charge on any atom is 0.248 e. The molecule has 0 aromatic heterocycles. The van der Waals surface area contributed by atoms with E-state index in [0.29, 0.717) is 29.9 Å². The largest absolute Gasteiger partial charge is 0.508 e. The van der Waals surface area contributed by atoms with E-state index in [4.69, 9.17) is 0 Å². The molecule has 1 aromatic carbocycles. The number of alkyl halides is 2. The van der Waals surface area contributed by atoms with Gasteiger partial charge >= 0.3 is 0 Å². The zero-order chi connectivity index (χ0) is 16.4. The van der Waals surface area contributed by atoms with Gasteiger partial charge in [0.25, 0.3) is 0 Å². The molecule has 3 aliphatic rings. The van der Waals surface area contributed by atoms with E-state index in [2.05, 4.69) is 13.0 Å². The maximum atomic E-state index is 14.1. The van der Waals surface area contributed by atoms with Gasteiger partial charge in [0, 0.05) is 5.92 Å². The number of hydrogen-bond donors (Lipinski definition) is 1. The smallest absolute Gasteiger partial charge is 0.248 e. The molecule has 3 heteroatoms. The molecule has 2 fully saturated rings. The number of fused-ring (bicyclic) bond motifs is 5. The first kappa shape index (κ1) is 15.4. The van der Waals surface area contributed by atoms with Crippen molar-refractivity contribution in [1.82, 2.24) is 0 Å². The molecule has 23 heavy (non-hydrogen) atoms. The zero-order valence-corrected chi connectivity index (χ0v) is 14.0. The summed E-state index contributed by atoms with van der Waals surface area (Å²) in [4.78, 5) is 0. The first-order valence-electron chi connectivity index (χ1n) is 9.00. The second-order valence-corrected chi connectivity index (χ2v) is 8.43. The highest BCUT2D eigenvalue weighted by atomic mass is 19.3. The predicted molar refractivity (Wildman–Crippen MR) is 86.8 cm³/mol. The van der Waals surface area contributed by atoms with Crippen LogP contribution in [0.1, 0.15) is 63.0 Å². The number of hydrogen-bond acceptors (Lipinski definition) is 1. The van der Waals surface area contributed by atoms with Crippen LogP contribution in [0.15, 0.2) is 18.2 Å². The summed E-state index contributed by atoms with van der Waals surface area (Å²) in [6, 6.07) is 5.76. The van der Waals surface area contributed by atoms with Crippen LogP contribution in [0, 0.1) is 23.2 Å². The minimum absolute atomic E-state index is 0.201. The van der Waals surface area contributed by atoms with Gasteiger partial charge in [-0.25, -0.2) is 8.78 Å². The Morgan fingerprint density at radius 2 is 1.96 bits per heavy atom. The minimum Gasteiger partial charge on any atom is -0.508 e. The molecule has 5 unspecified atom stereocenters. The van der Waals surface area contributed by atoms with Gasteiger partial charge in [-0.15, -0.1) is 0 Å². The van der Waals surface area contributed by atoms with Gasteiger partial charge in [-0.2, -0.15) is 0 Å². The van der Waals surface area contributed by atoms with Gasteiger partial charge in [0.05, 0.1) is 0 Å². The third-order valence-corrected chi connectivity index (χ3v) is 7.32. The highest BCUT2D eigenvalue weighted by Gasteiger charge is 2.59. The Morgan fingerprint density at radius 1 is 1.17 bits per heavy atom. The van der Waals surface area contributed by atoms with Crippen LogP contribution in [-0.4, -0.2) is 11.0 Å². The number of halogens is 2. The molecule has 1 aromatic rings. The second-order valence-electron chi connectivity index (χ2n) is 8.43. The first-order valence-corrected chi connectivity index (χ1v) is 9.00. The standard InChI is InChI=1S/C20H26F2O/c1-19-10-9-15-14-6-4-13(23)11-12(14)3-5-16(15)17(19)7-8-18(19)20(2,21)22/h4,6,11,15-18,23H,3,5,7-10H2,1-2H3. The predicted octanol–water partition coefficient (Wildman–Crippen LogP) is 5.52. The van der Waals surface area contributed by atoms with Gasteiger partial charge in [0.1, 0.15) is 5.75 Å². The van der Waals surface area contributed by atoms with E-state index in [9.17, 15) is 13.9 Å². The number of phenolic OH excluding ortho intramolecular Hbond substituents is 1. The average Bonchev–Trinajstić information content (AvgIpc) is 2.84. The fourth-order valence-corrected chi connectivity index (χ4v) is 6.40. The number of rotatable bonds is 1. The molecule has 2 saturated carbocycles. The van der Waals surface area contributed by atoms with Crippen molar-refractivity contribution in [2.45, 2.75) is 64.2 Å². The maximum absolute atomic E-state index is 14.1. The summed E-state index contributed by atoms with van der Waals surface area (Å²) >= 11 is 0. The molecular formula is C20H26F2O. The summed E-state index contributed by atoms with van der Waals surface area (Å²) in [5.41, 5.74) is 2.44. The molecule has 4 rings (SSSR count). The molecule has 0 aliphatic heterocycles. The topological polar surface area (TPSA) is 20.2 Å². The third kappa shape index (κ3) is 2.22. The quantitative estimate of drug-likeness (QED) is 0.722. The lowest BCUT2D eigenvalue weighted by molar-refractivity contribution is -0.106. The Bertz CT molecular complexity index is 621. The highest BCUT2D eigenvalue weighted by molar-refractivity contribution is 5.40. The molecule has 1 N–H and O–H groups in total. The van der Waals surface area contributed by atoms with E-state index in [1.807, 2.05) is 6.07 Å². The zero-order valence-electron chi connectivity index (χ0n) is 14.0. The van der Waals surface area contributed by atoms with Crippen molar-refractivity contribution in [3.63, 3.8) is 0 Å². The summed E-state index contributed by atoms with van der Waals surface area (Å²) in [5, 5.41) is 9.72. The lowest BCUT2D eigenvalue weighted by Gasteiger charge is -2.51. The van der Waals surface area contributed by atoms with Crippen molar-refractivity contribution in [3.8, 4) is 5.75 Å². The molecule has 0 heterocycles. The van der Waals surface area contributed by atoms with E-state index >= 15 is 0 Å². The molecule has 0 bridgehead atoms. The van der Waals surface area contributed by atoms with Crippen LogP contribution >= 0.6 is 0 Å². The molecule has 0 spiro atoms. The molecule has 5 atom stereocenters. The summed E-state index contributed by atoms with van der Waals surface area (Å²) in [7, 11) is 0. The Morgan fingerprint density at radius 3 is 2.70 bits per heavy atom. The normalized spacial score (nSPS) is 39.5. The van der Waals surface area contributed by atoms with E-state index in [1.54, 1.807) is 6.07 Å². The molecule has 1 nitrogen and oxygen atoms in total. The number of benzene rings is 1. The van der Waals surface area contributed by atoms with Crippen molar-refractivity contribution >= 4 is 0 Å². The number of aromatic hydroxyl groups is 1. The van der Waals surface area contributed by atoms with Crippen LogP contribution in [-0.2, 0) is 6.42 Å². The summed E-state index contributed by atoms with van der Waals surface area (Å²) in [6.45, 7) is 3.26. The fourth-order valence-electron chi connectivity index (χ4n) is 6.40. The van der Waals surface area contributed by atoms with Crippen molar-refractivity contribution in [2.24, 2.45) is 23.2 Å². The SMILES string of the molecule is CC(F)(F)C1CCC2C3CCc4cc(O)ccc4C3CCC21C. The van der Waals surface area contributed by atoms with E-state index in [-0.39, 0.29) is 5.41 Å². The Labute approximate surface area is 137 Å². The lowest BCUT2D eigenvalue weighted by Crippen LogP contribution is -2.46. The van der Waals surface area contributed by atoms with E-state index < -0.39 is 11.8 Å². The van der Waals surface area contributed by atoms with Crippen LogP contribution in [0.2, 0.25) is 0 Å². The van der Waals surface area contributed by atoms with Gasteiger partial charge in [0.15, 0.2) is 0 Å². The van der Waals surface area contributed by atoms with Gasteiger partial charge < -0.3 is 5.11 Å². The van der Waals surface area contributed by atoms with Crippen molar-refractivity contribution < 1.29 is 13.9 Å². The van der Waals surface area contributed by atoms with Crippen LogP contribution in [0.4, 0.5) is 8.78 Å². The number of aryl methyl sites for hydroxylation is 1. The third-order valence-electron chi connectivity index (χ3n) is 7.32.